The number of benzene rings is 2. The van der Waals surface area contributed by atoms with Gasteiger partial charge in [-0.2, -0.15) is 0 Å². The van der Waals surface area contributed by atoms with Gasteiger partial charge in [-0.1, -0.05) is 145 Å². The van der Waals surface area contributed by atoms with Crippen molar-refractivity contribution in [2.24, 2.45) is 0 Å². The van der Waals surface area contributed by atoms with Crippen LogP contribution in [0.2, 0.25) is 0 Å². The van der Waals surface area contributed by atoms with Gasteiger partial charge in [-0.3, -0.25) is 14.4 Å². The summed E-state index contributed by atoms with van der Waals surface area (Å²) in [5, 5.41) is 8.97. The first-order valence-electron chi connectivity index (χ1n) is 19.6. The lowest BCUT2D eigenvalue weighted by atomic mass is 10.0. The fraction of sp³-hybridized carbons (Fsp3) is 0.643. The molecule has 0 unspecified atom stereocenters. The average Bonchev–Trinajstić information content (AvgIpc) is 3.12. The molecule has 0 bridgehead atoms. The summed E-state index contributed by atoms with van der Waals surface area (Å²) >= 11 is 0. The highest BCUT2D eigenvalue weighted by Gasteiger charge is 2.27. The van der Waals surface area contributed by atoms with Crippen LogP contribution in [0.4, 0.5) is 0 Å². The summed E-state index contributed by atoms with van der Waals surface area (Å²) in [5.74, 6) is -0.758. The van der Waals surface area contributed by atoms with Crippen LogP contribution in [0, 0.1) is 0 Å². The molecule has 0 radical (unpaired) electrons. The number of carbonyl (C=O) groups excluding carboxylic acids is 3. The Morgan fingerprint density at radius 2 is 1.02 bits per heavy atom. The molecule has 0 spiro atoms. The van der Waals surface area contributed by atoms with Crippen LogP contribution in [0.15, 0.2) is 60.7 Å². The summed E-state index contributed by atoms with van der Waals surface area (Å²) in [6.07, 6.45) is 18.3. The number of hydrogen-bond donors (Lipinski definition) is 3. The molecule has 0 saturated carbocycles. The molecule has 0 saturated heterocycles. The Morgan fingerprint density at radius 1 is 0.560 bits per heavy atom. The molecule has 8 nitrogen and oxygen atoms in total. The molecule has 0 aromatic heterocycles. The van der Waals surface area contributed by atoms with Gasteiger partial charge >= 0.3 is 0 Å². The molecule has 3 amide bonds. The molecule has 2 atom stereocenters. The van der Waals surface area contributed by atoms with Crippen molar-refractivity contribution >= 4 is 17.7 Å². The Bertz CT molecular complexity index is 1140. The van der Waals surface area contributed by atoms with Gasteiger partial charge in [0.15, 0.2) is 6.29 Å². The van der Waals surface area contributed by atoms with Crippen LogP contribution in [-0.4, -0.2) is 55.9 Å². The predicted octanol–water partition coefficient (Wildman–Crippen LogP) is 8.22. The van der Waals surface area contributed by atoms with Crippen molar-refractivity contribution in [3.63, 3.8) is 0 Å². The number of hydrogen-bond acceptors (Lipinski definition) is 5. The second kappa shape index (κ2) is 28.5. The van der Waals surface area contributed by atoms with Gasteiger partial charge in [0.2, 0.25) is 17.7 Å². The summed E-state index contributed by atoms with van der Waals surface area (Å²) in [6.45, 7) is 7.66. The van der Waals surface area contributed by atoms with Crippen LogP contribution in [0.5, 0.6) is 0 Å². The van der Waals surface area contributed by atoms with Crippen LogP contribution >= 0.6 is 0 Å². The number of rotatable bonds is 30. The van der Waals surface area contributed by atoms with Crippen LogP contribution in [0.25, 0.3) is 0 Å². The van der Waals surface area contributed by atoms with Crippen molar-refractivity contribution in [2.45, 2.75) is 155 Å². The summed E-state index contributed by atoms with van der Waals surface area (Å²) in [7, 11) is 0. The topological polar surface area (TPSA) is 106 Å². The molecule has 0 aliphatic carbocycles. The fourth-order valence-corrected chi connectivity index (χ4v) is 6.15. The van der Waals surface area contributed by atoms with E-state index in [-0.39, 0.29) is 24.0 Å². The maximum absolute atomic E-state index is 13.8. The highest BCUT2D eigenvalue weighted by Crippen LogP contribution is 2.14. The molecular weight excluding hydrogens is 626 g/mol. The minimum Gasteiger partial charge on any atom is -0.354 e. The zero-order valence-electron chi connectivity index (χ0n) is 31.4. The third-order valence-electron chi connectivity index (χ3n) is 8.98. The molecule has 3 N–H and O–H groups in total. The third-order valence-corrected chi connectivity index (χ3v) is 8.98. The van der Waals surface area contributed by atoms with E-state index in [1.165, 1.54) is 64.2 Å². The minimum absolute atomic E-state index is 0.133. The standard InChI is InChI=1S/C42H67N3O5/c1-4-7-8-9-10-11-12-13-14-15-16-17-24-30-39(46)44-38(34-36-28-22-19-23-29-36)42(48)45-37(33-35-26-20-18-21-27-35)41(47)43-32-25-31-40(49-5-2)50-6-3/h18-23,26-29,37-38,40H,4-17,24-25,30-34H2,1-3H3,(H,43,47)(H,44,46)(H,45,48)/t37-,38-/m0/s1. The SMILES string of the molecule is CCCCCCCCCCCCCCCC(=O)N[C@@H](Cc1ccccc1)C(=O)N[C@@H](Cc1ccccc1)C(=O)NCCCC(OCC)OCC. The lowest BCUT2D eigenvalue weighted by Crippen LogP contribution is -2.55. The number of carbonyl (C=O) groups is 3. The summed E-state index contributed by atoms with van der Waals surface area (Å²) in [5.41, 5.74) is 1.88. The lowest BCUT2D eigenvalue weighted by Gasteiger charge is -2.24. The molecule has 0 heterocycles. The van der Waals surface area contributed by atoms with Gasteiger partial charge in [0, 0.05) is 45.4 Å². The van der Waals surface area contributed by atoms with E-state index in [1.807, 2.05) is 74.5 Å². The molecule has 2 rings (SSSR count). The lowest BCUT2D eigenvalue weighted by molar-refractivity contribution is -0.140. The highest BCUT2D eigenvalue weighted by atomic mass is 16.7. The number of unbranched alkanes of at least 4 members (excludes halogenated alkanes) is 12. The first kappa shape index (κ1) is 42.9. The van der Waals surface area contributed by atoms with E-state index < -0.39 is 12.1 Å². The molecule has 50 heavy (non-hydrogen) atoms. The number of nitrogens with one attached hydrogen (secondary N) is 3. The van der Waals surface area contributed by atoms with Crippen molar-refractivity contribution in [1.82, 2.24) is 16.0 Å². The maximum atomic E-state index is 13.8. The Morgan fingerprint density at radius 3 is 1.50 bits per heavy atom. The van der Waals surface area contributed by atoms with E-state index in [1.54, 1.807) is 0 Å². The van der Waals surface area contributed by atoms with Crippen LogP contribution < -0.4 is 16.0 Å². The molecule has 0 fully saturated rings. The number of amides is 3. The molecule has 0 aliphatic heterocycles. The van der Waals surface area contributed by atoms with Gasteiger partial charge in [-0.15, -0.1) is 0 Å². The van der Waals surface area contributed by atoms with Gasteiger partial charge in [-0.05, 0) is 37.8 Å². The van der Waals surface area contributed by atoms with Gasteiger partial charge < -0.3 is 25.4 Å². The van der Waals surface area contributed by atoms with Crippen molar-refractivity contribution in [1.29, 1.82) is 0 Å². The largest absolute Gasteiger partial charge is 0.354 e. The maximum Gasteiger partial charge on any atom is 0.243 e. The summed E-state index contributed by atoms with van der Waals surface area (Å²) in [6, 6.07) is 17.7. The van der Waals surface area contributed by atoms with E-state index in [2.05, 4.69) is 22.9 Å². The van der Waals surface area contributed by atoms with E-state index >= 15 is 0 Å². The van der Waals surface area contributed by atoms with E-state index in [0.717, 1.165) is 30.4 Å². The normalized spacial score (nSPS) is 12.4. The quantitative estimate of drug-likeness (QED) is 0.0565. The Labute approximate surface area is 303 Å². The minimum atomic E-state index is -0.796. The van der Waals surface area contributed by atoms with Crippen molar-refractivity contribution < 1.29 is 23.9 Å². The highest BCUT2D eigenvalue weighted by molar-refractivity contribution is 5.92. The molecule has 2 aromatic carbocycles. The summed E-state index contributed by atoms with van der Waals surface area (Å²) < 4.78 is 11.2. The van der Waals surface area contributed by atoms with Crippen molar-refractivity contribution in [3.8, 4) is 0 Å². The Kier molecular flexibility index (Phi) is 24.4. The predicted molar refractivity (Wildman–Crippen MR) is 204 cm³/mol. The Hall–Kier alpha value is -3.23. The monoisotopic (exact) mass is 694 g/mol. The zero-order chi connectivity index (χ0) is 36.1. The zero-order valence-corrected chi connectivity index (χ0v) is 31.4. The van der Waals surface area contributed by atoms with Crippen LogP contribution in [-0.2, 0) is 36.7 Å². The number of ether oxygens (including phenoxy) is 2. The van der Waals surface area contributed by atoms with Crippen molar-refractivity contribution in [2.75, 3.05) is 19.8 Å². The van der Waals surface area contributed by atoms with E-state index in [0.29, 0.717) is 51.9 Å². The van der Waals surface area contributed by atoms with E-state index in [4.69, 9.17) is 9.47 Å². The van der Waals surface area contributed by atoms with E-state index in [9.17, 15) is 14.4 Å². The Balaban J connectivity index is 1.90. The first-order chi connectivity index (χ1) is 24.5. The molecule has 8 heteroatoms. The van der Waals surface area contributed by atoms with Crippen LogP contribution in [0.3, 0.4) is 0 Å². The van der Waals surface area contributed by atoms with Crippen molar-refractivity contribution in [3.05, 3.63) is 71.8 Å². The van der Waals surface area contributed by atoms with Gasteiger partial charge in [0.1, 0.15) is 12.1 Å². The molecule has 0 aliphatic rings. The second-order valence-corrected chi connectivity index (χ2v) is 13.3. The van der Waals surface area contributed by atoms with Gasteiger partial charge in [0.25, 0.3) is 0 Å². The van der Waals surface area contributed by atoms with Gasteiger partial charge in [-0.25, -0.2) is 0 Å². The van der Waals surface area contributed by atoms with Gasteiger partial charge in [0.05, 0.1) is 0 Å². The average molecular weight is 694 g/mol. The molecular formula is C42H67N3O5. The summed E-state index contributed by atoms with van der Waals surface area (Å²) in [4.78, 5) is 40.3. The fourth-order valence-electron chi connectivity index (χ4n) is 6.15. The molecule has 280 valence electrons. The second-order valence-electron chi connectivity index (χ2n) is 13.3. The molecule has 2 aromatic rings. The smallest absolute Gasteiger partial charge is 0.243 e. The third kappa shape index (κ3) is 20.4. The van der Waals surface area contributed by atoms with Crippen LogP contribution in [0.1, 0.15) is 135 Å². The first-order valence-corrected chi connectivity index (χ1v) is 19.6.